The number of halogens is 2. The van der Waals surface area contributed by atoms with Gasteiger partial charge in [-0.3, -0.25) is 9.97 Å². The maximum Gasteiger partial charge on any atom is 1.00 e. The predicted octanol–water partition coefficient (Wildman–Crippen LogP) is 1.10. The Kier molecular flexibility index (Phi) is 28.2. The number of carbonyl (C=O) groups excluding carboxylic acids is 2. The largest absolute Gasteiger partial charge is 1.00 e. The van der Waals surface area contributed by atoms with E-state index in [0.29, 0.717) is 13.2 Å². The molecule has 4 N–H and O–H groups in total. The van der Waals surface area contributed by atoms with Gasteiger partial charge in [0.15, 0.2) is 0 Å². The molecule has 4 rings (SSSR count). The molecule has 0 aliphatic carbocycles. The standard InChI is InChI=1S/2C26H34FNO5.2Na/c2*1-15(2)25-21(11-10-19(29)12-20(30)13-23(31)32)24(17-6-8-18(27)9-7-17)22(14-33-5)26(28-25)16(3)4;;/h2*6-11,15-16,19-20,29-30H,12-14H2,1-5H3,(H,31,32);;/q;;2*+1/p-2/b2*11-10+;;/t2*19-,20-;;/m11../s1. The minimum absolute atomic E-state index is 0. The number of carboxylic acids is 2. The maximum atomic E-state index is 13.7. The van der Waals surface area contributed by atoms with Crippen molar-refractivity contribution in [2.75, 3.05) is 14.2 Å². The van der Waals surface area contributed by atoms with E-state index in [4.69, 9.17) is 19.4 Å². The number of rotatable bonds is 22. The zero-order valence-electron chi connectivity index (χ0n) is 41.7. The van der Waals surface area contributed by atoms with Crippen LogP contribution in [-0.4, -0.2) is 81.0 Å². The van der Waals surface area contributed by atoms with Crippen LogP contribution >= 0.6 is 0 Å². The van der Waals surface area contributed by atoms with Gasteiger partial charge in [0.05, 0.1) is 49.0 Å². The van der Waals surface area contributed by atoms with Crippen LogP contribution < -0.4 is 69.3 Å². The second kappa shape index (κ2) is 30.5. The Hall–Kier alpha value is -3.22. The Bertz CT molecular complexity index is 2110. The average Bonchev–Trinajstić information content (AvgIpc) is 3.22. The molecule has 0 fully saturated rings. The first-order valence-electron chi connectivity index (χ1n) is 22.2. The minimum atomic E-state index is -1.38. The molecule has 0 saturated carbocycles. The molecule has 360 valence electrons. The fourth-order valence-electron chi connectivity index (χ4n) is 7.68. The van der Waals surface area contributed by atoms with E-state index in [1.54, 1.807) is 50.6 Å². The van der Waals surface area contributed by atoms with Gasteiger partial charge < -0.3 is 49.7 Å². The van der Waals surface area contributed by atoms with E-state index in [2.05, 4.69) is 27.7 Å². The number of benzene rings is 2. The monoisotopic (exact) mass is 962 g/mol. The Balaban J connectivity index is 0.000000661. The number of aliphatic hydroxyl groups excluding tert-OH is 4. The van der Waals surface area contributed by atoms with Gasteiger partial charge in [-0.05, 0) is 70.2 Å². The first-order valence-corrected chi connectivity index (χ1v) is 22.2. The molecule has 4 atom stereocenters. The third-order valence-corrected chi connectivity index (χ3v) is 10.6. The van der Waals surface area contributed by atoms with E-state index >= 15 is 0 Å². The Labute approximate surface area is 444 Å². The van der Waals surface area contributed by atoms with Gasteiger partial charge in [0.25, 0.3) is 0 Å². The summed E-state index contributed by atoms with van der Waals surface area (Å²) < 4.78 is 38.3. The summed E-state index contributed by atoms with van der Waals surface area (Å²) in [6, 6.07) is 12.4. The van der Waals surface area contributed by atoms with Gasteiger partial charge in [0, 0.05) is 85.5 Å². The van der Waals surface area contributed by atoms with E-state index in [0.717, 1.165) is 67.3 Å². The van der Waals surface area contributed by atoms with Crippen LogP contribution in [0.15, 0.2) is 60.7 Å². The molecular formula is C52H66F2N2Na2O10. The summed E-state index contributed by atoms with van der Waals surface area (Å²) in [5, 5.41) is 61.8. The maximum absolute atomic E-state index is 13.7. The molecule has 0 radical (unpaired) electrons. The topological polar surface area (TPSA) is 205 Å². The molecule has 4 aromatic rings. The summed E-state index contributed by atoms with van der Waals surface area (Å²) in [5.74, 6) is -3.09. The van der Waals surface area contributed by atoms with E-state index in [9.17, 15) is 49.0 Å². The summed E-state index contributed by atoms with van der Waals surface area (Å²) in [6.45, 7) is 16.9. The fourth-order valence-corrected chi connectivity index (χ4v) is 7.68. The normalized spacial score (nSPS) is 13.4. The van der Waals surface area contributed by atoms with Gasteiger partial charge in [0.1, 0.15) is 11.6 Å². The summed E-state index contributed by atoms with van der Waals surface area (Å²) in [6.07, 6.45) is 0.527. The van der Waals surface area contributed by atoms with Gasteiger partial charge in [-0.15, -0.1) is 0 Å². The molecule has 0 bridgehead atoms. The van der Waals surface area contributed by atoms with Crippen molar-refractivity contribution in [3.8, 4) is 22.3 Å². The Morgan fingerprint density at radius 2 is 0.853 bits per heavy atom. The molecule has 2 heterocycles. The smallest absolute Gasteiger partial charge is 0.550 e. The molecule has 0 aliphatic heterocycles. The molecule has 2 aromatic carbocycles. The van der Waals surface area contributed by atoms with Gasteiger partial charge in [-0.2, -0.15) is 0 Å². The van der Waals surface area contributed by atoms with Crippen LogP contribution in [0.1, 0.15) is 150 Å². The van der Waals surface area contributed by atoms with Crippen LogP contribution in [0.2, 0.25) is 0 Å². The molecule has 2 aromatic heterocycles. The fraction of sp³-hybridized carbons (Fsp3) is 0.462. The van der Waals surface area contributed by atoms with Crippen LogP contribution in [0.25, 0.3) is 34.4 Å². The molecule has 0 amide bonds. The number of nitrogens with zero attached hydrogens (tertiary/aromatic N) is 2. The van der Waals surface area contributed by atoms with Crippen molar-refractivity contribution >= 4 is 24.1 Å². The predicted molar refractivity (Wildman–Crippen MR) is 248 cm³/mol. The molecule has 16 heteroatoms. The number of carbonyl (C=O) groups is 2. The number of ether oxygens (including phenoxy) is 2. The number of hydrogen-bond acceptors (Lipinski definition) is 12. The van der Waals surface area contributed by atoms with Gasteiger partial charge in [-0.25, -0.2) is 8.78 Å². The van der Waals surface area contributed by atoms with Crippen molar-refractivity contribution < 1.29 is 118 Å². The number of aliphatic hydroxyl groups is 4. The van der Waals surface area contributed by atoms with Crippen molar-refractivity contribution in [3.05, 3.63) is 117 Å². The number of aliphatic carboxylic acids is 2. The molecule has 0 saturated heterocycles. The summed E-state index contributed by atoms with van der Waals surface area (Å²) in [5.41, 5.74) is 9.99. The third kappa shape index (κ3) is 18.8. The number of carboxylic acid groups (broad SMARTS) is 2. The van der Waals surface area contributed by atoms with Crippen LogP contribution in [0.5, 0.6) is 0 Å². The summed E-state index contributed by atoms with van der Waals surface area (Å²) >= 11 is 0. The SMILES string of the molecule is COCc1c(C(C)C)nc(C(C)C)c(/C=C/[C@@H](O)C[C@@H](O)CC(=O)[O-])c1-c1ccc(F)cc1.COCc1c(C(C)C)nc(C(C)C)c(/C=C/[C@@H](O)C[C@@H](O)CC(=O)[O-])c1-c1ccc(F)cc1.[Na+].[Na+]. The first kappa shape index (κ1) is 62.8. The van der Waals surface area contributed by atoms with E-state index < -0.39 is 49.2 Å². The quantitative estimate of drug-likeness (QED) is 0.0819. The molecule has 12 nitrogen and oxygen atoms in total. The van der Waals surface area contributed by atoms with Crippen LogP contribution in [0.4, 0.5) is 8.78 Å². The molecule has 0 spiro atoms. The van der Waals surface area contributed by atoms with Crippen LogP contribution in [-0.2, 0) is 32.3 Å². The van der Waals surface area contributed by atoms with Crippen LogP contribution in [0.3, 0.4) is 0 Å². The van der Waals surface area contributed by atoms with Gasteiger partial charge in [0.2, 0.25) is 0 Å². The zero-order valence-corrected chi connectivity index (χ0v) is 45.7. The van der Waals surface area contributed by atoms with Crippen molar-refractivity contribution in [2.24, 2.45) is 0 Å². The van der Waals surface area contributed by atoms with Crippen molar-refractivity contribution in [1.29, 1.82) is 0 Å². The van der Waals surface area contributed by atoms with Gasteiger partial charge in [-0.1, -0.05) is 104 Å². The molecule has 0 unspecified atom stereocenters. The minimum Gasteiger partial charge on any atom is -0.550 e. The Morgan fingerprint density at radius 1 is 0.559 bits per heavy atom. The first-order chi connectivity index (χ1) is 31.1. The van der Waals surface area contributed by atoms with Crippen molar-refractivity contribution in [2.45, 2.75) is 142 Å². The number of pyridine rings is 2. The molecule has 68 heavy (non-hydrogen) atoms. The Morgan fingerprint density at radius 3 is 1.10 bits per heavy atom. The molecular weight excluding hydrogens is 897 g/mol. The van der Waals surface area contributed by atoms with Crippen molar-refractivity contribution in [1.82, 2.24) is 9.97 Å². The summed E-state index contributed by atoms with van der Waals surface area (Å²) in [7, 11) is 3.21. The second-order valence-electron chi connectivity index (χ2n) is 17.6. The average molecular weight is 963 g/mol. The van der Waals surface area contributed by atoms with Gasteiger partial charge >= 0.3 is 59.1 Å². The summed E-state index contributed by atoms with van der Waals surface area (Å²) in [4.78, 5) is 31.3. The van der Waals surface area contributed by atoms with E-state index in [-0.39, 0.29) is 107 Å². The van der Waals surface area contributed by atoms with Crippen molar-refractivity contribution in [3.63, 3.8) is 0 Å². The number of hydrogen-bond donors (Lipinski definition) is 4. The number of aromatic nitrogens is 2. The zero-order chi connectivity index (χ0) is 49.4. The van der Waals surface area contributed by atoms with Crippen LogP contribution in [0, 0.1) is 11.6 Å². The second-order valence-corrected chi connectivity index (χ2v) is 17.6. The third-order valence-electron chi connectivity index (χ3n) is 10.6. The van der Waals surface area contributed by atoms with E-state index in [1.165, 1.54) is 36.4 Å². The molecule has 0 aliphatic rings. The van der Waals surface area contributed by atoms with E-state index in [1.807, 2.05) is 27.7 Å². The number of methoxy groups -OCH3 is 2.